The van der Waals surface area contributed by atoms with Crippen molar-refractivity contribution in [2.45, 2.75) is 20.0 Å². The zero-order valence-corrected chi connectivity index (χ0v) is 13.5. The Kier molecular flexibility index (Phi) is 5.28. The molecule has 0 saturated carbocycles. The average Bonchev–Trinajstić information content (AvgIpc) is 2.56. The molecule has 0 radical (unpaired) electrons. The first-order valence-corrected chi connectivity index (χ1v) is 7.25. The third kappa shape index (κ3) is 4.28. The van der Waals surface area contributed by atoms with Crippen LogP contribution in [-0.2, 0) is 4.79 Å². The zero-order valence-electron chi connectivity index (χ0n) is 13.5. The maximum absolute atomic E-state index is 12.2. The van der Waals surface area contributed by atoms with Gasteiger partial charge in [-0.3, -0.25) is 25.0 Å². The fourth-order valence-electron chi connectivity index (χ4n) is 2.09. The van der Waals surface area contributed by atoms with Crippen molar-refractivity contribution in [3.8, 4) is 5.75 Å². The van der Waals surface area contributed by atoms with Crippen LogP contribution in [0.15, 0.2) is 42.5 Å². The van der Waals surface area contributed by atoms with E-state index in [0.717, 1.165) is 0 Å². The Balaban J connectivity index is 2.17. The lowest BCUT2D eigenvalue weighted by atomic mass is 10.2. The predicted octanol–water partition coefficient (Wildman–Crippen LogP) is 3.22. The van der Waals surface area contributed by atoms with E-state index >= 15 is 0 Å². The molecule has 9 nitrogen and oxygen atoms in total. The molecule has 0 aromatic heterocycles. The van der Waals surface area contributed by atoms with Gasteiger partial charge in [0.25, 0.3) is 11.6 Å². The first-order chi connectivity index (χ1) is 11.8. The van der Waals surface area contributed by atoms with E-state index in [1.165, 1.54) is 37.3 Å². The van der Waals surface area contributed by atoms with Crippen molar-refractivity contribution >= 4 is 23.0 Å². The Morgan fingerprint density at radius 1 is 1.08 bits per heavy atom. The number of amides is 1. The van der Waals surface area contributed by atoms with Gasteiger partial charge in [-0.1, -0.05) is 18.2 Å². The molecular weight excluding hydrogens is 330 g/mol. The largest absolute Gasteiger partial charge is 0.474 e. The second-order valence-electron chi connectivity index (χ2n) is 5.25. The number of para-hydroxylation sites is 2. The molecule has 25 heavy (non-hydrogen) atoms. The van der Waals surface area contributed by atoms with E-state index in [-0.39, 0.29) is 22.8 Å². The summed E-state index contributed by atoms with van der Waals surface area (Å²) >= 11 is 0. The van der Waals surface area contributed by atoms with Crippen LogP contribution in [0.5, 0.6) is 5.75 Å². The Morgan fingerprint density at radius 2 is 1.72 bits per heavy atom. The third-order valence-corrected chi connectivity index (χ3v) is 3.34. The summed E-state index contributed by atoms with van der Waals surface area (Å²) in [4.78, 5) is 33.0. The van der Waals surface area contributed by atoms with Crippen molar-refractivity contribution in [3.63, 3.8) is 0 Å². The molecule has 2 aromatic carbocycles. The normalized spacial score (nSPS) is 11.4. The van der Waals surface area contributed by atoms with Crippen LogP contribution in [0, 0.1) is 27.2 Å². The molecule has 0 aliphatic rings. The Morgan fingerprint density at radius 3 is 2.36 bits per heavy atom. The molecule has 0 saturated heterocycles. The average molecular weight is 345 g/mol. The molecule has 1 atom stereocenters. The van der Waals surface area contributed by atoms with Gasteiger partial charge in [-0.05, 0) is 31.5 Å². The van der Waals surface area contributed by atoms with Gasteiger partial charge in [0.2, 0.25) is 0 Å². The van der Waals surface area contributed by atoms with Crippen LogP contribution in [0.2, 0.25) is 0 Å². The molecule has 1 amide bonds. The first-order valence-electron chi connectivity index (χ1n) is 7.25. The van der Waals surface area contributed by atoms with Crippen molar-refractivity contribution in [1.29, 1.82) is 0 Å². The maximum Gasteiger partial charge on any atom is 0.311 e. The van der Waals surface area contributed by atoms with Gasteiger partial charge in [0.1, 0.15) is 5.69 Å². The standard InChI is InChI=1S/C16H15N3O6/c1-10-7-8-15(14(9-10)19(23)24)25-11(2)16(20)17-12-5-3-4-6-13(12)18(21)22/h3-9,11H,1-2H3,(H,17,20)/t11-/m0/s1. The van der Waals surface area contributed by atoms with E-state index in [9.17, 15) is 25.0 Å². The number of nitrogens with zero attached hydrogens (tertiary/aromatic N) is 2. The van der Waals surface area contributed by atoms with Crippen LogP contribution in [0.4, 0.5) is 17.1 Å². The minimum atomic E-state index is -1.10. The number of nitrogens with one attached hydrogen (secondary N) is 1. The molecule has 2 rings (SSSR count). The van der Waals surface area contributed by atoms with Gasteiger partial charge in [-0.25, -0.2) is 0 Å². The summed E-state index contributed by atoms with van der Waals surface area (Å²) in [5.74, 6) is -0.718. The lowest BCUT2D eigenvalue weighted by Gasteiger charge is -2.15. The number of aryl methyl sites for hydroxylation is 1. The molecular formula is C16H15N3O6. The van der Waals surface area contributed by atoms with Crippen LogP contribution >= 0.6 is 0 Å². The highest BCUT2D eigenvalue weighted by atomic mass is 16.6. The predicted molar refractivity (Wildman–Crippen MR) is 89.6 cm³/mol. The van der Waals surface area contributed by atoms with E-state index in [4.69, 9.17) is 4.74 Å². The third-order valence-electron chi connectivity index (χ3n) is 3.34. The Labute approximate surface area is 142 Å². The number of rotatable bonds is 6. The molecule has 0 heterocycles. The van der Waals surface area contributed by atoms with Gasteiger partial charge in [0, 0.05) is 12.1 Å². The second kappa shape index (κ2) is 7.39. The molecule has 1 N–H and O–H groups in total. The minimum Gasteiger partial charge on any atom is -0.474 e. The number of nitro benzene ring substituents is 2. The summed E-state index contributed by atoms with van der Waals surface area (Å²) in [5.41, 5.74) is 0.178. The van der Waals surface area contributed by atoms with Gasteiger partial charge in [-0.2, -0.15) is 0 Å². The monoisotopic (exact) mass is 345 g/mol. The number of nitro groups is 2. The van der Waals surface area contributed by atoms with E-state index in [2.05, 4.69) is 5.32 Å². The van der Waals surface area contributed by atoms with E-state index in [1.54, 1.807) is 19.1 Å². The summed E-state index contributed by atoms with van der Waals surface area (Å²) in [6.07, 6.45) is -1.10. The molecule has 0 aliphatic carbocycles. The minimum absolute atomic E-state index is 0.0198. The molecule has 0 unspecified atom stereocenters. The molecule has 9 heteroatoms. The van der Waals surface area contributed by atoms with Crippen molar-refractivity contribution in [2.75, 3.05) is 5.32 Å². The molecule has 2 aromatic rings. The van der Waals surface area contributed by atoms with Gasteiger partial charge in [0.15, 0.2) is 11.9 Å². The smallest absolute Gasteiger partial charge is 0.311 e. The first kappa shape index (κ1) is 17.9. The number of ether oxygens (including phenoxy) is 1. The number of hydrogen-bond acceptors (Lipinski definition) is 6. The second-order valence-corrected chi connectivity index (χ2v) is 5.25. The zero-order chi connectivity index (χ0) is 18.6. The summed E-state index contributed by atoms with van der Waals surface area (Å²) in [6, 6.07) is 10.0. The molecule has 0 bridgehead atoms. The van der Waals surface area contributed by atoms with Crippen molar-refractivity contribution in [1.82, 2.24) is 0 Å². The molecule has 0 spiro atoms. The molecule has 0 fully saturated rings. The van der Waals surface area contributed by atoms with Crippen LogP contribution in [0.1, 0.15) is 12.5 Å². The lowest BCUT2D eigenvalue weighted by Crippen LogP contribution is -2.30. The van der Waals surface area contributed by atoms with E-state index in [0.29, 0.717) is 5.56 Å². The fraction of sp³-hybridized carbons (Fsp3) is 0.188. The Bertz CT molecular complexity index is 836. The highest BCUT2D eigenvalue weighted by molar-refractivity contribution is 5.96. The number of hydrogen-bond donors (Lipinski definition) is 1. The van der Waals surface area contributed by atoms with Gasteiger partial charge in [0.05, 0.1) is 9.85 Å². The van der Waals surface area contributed by atoms with Crippen molar-refractivity contribution in [3.05, 3.63) is 68.3 Å². The van der Waals surface area contributed by atoms with Crippen LogP contribution in [0.3, 0.4) is 0 Å². The van der Waals surface area contributed by atoms with Gasteiger partial charge in [-0.15, -0.1) is 0 Å². The number of benzene rings is 2. The summed E-state index contributed by atoms with van der Waals surface area (Å²) in [7, 11) is 0. The molecule has 0 aliphatic heterocycles. The number of anilines is 1. The quantitative estimate of drug-likeness (QED) is 0.633. The van der Waals surface area contributed by atoms with Crippen LogP contribution in [-0.4, -0.2) is 21.9 Å². The van der Waals surface area contributed by atoms with Crippen molar-refractivity contribution in [2.24, 2.45) is 0 Å². The fourth-order valence-corrected chi connectivity index (χ4v) is 2.09. The van der Waals surface area contributed by atoms with Crippen LogP contribution < -0.4 is 10.1 Å². The highest BCUT2D eigenvalue weighted by Gasteiger charge is 2.23. The number of carbonyl (C=O) groups excluding carboxylic acids is 1. The maximum atomic E-state index is 12.2. The summed E-state index contributed by atoms with van der Waals surface area (Å²) < 4.78 is 5.37. The molecule has 130 valence electrons. The number of carbonyl (C=O) groups is 1. The van der Waals surface area contributed by atoms with E-state index in [1.807, 2.05) is 0 Å². The van der Waals surface area contributed by atoms with Crippen molar-refractivity contribution < 1.29 is 19.4 Å². The summed E-state index contributed by atoms with van der Waals surface area (Å²) in [6.45, 7) is 3.09. The van der Waals surface area contributed by atoms with E-state index < -0.39 is 21.9 Å². The SMILES string of the molecule is Cc1ccc(O[C@@H](C)C(=O)Nc2ccccc2[N+](=O)[O-])c([N+](=O)[O-])c1. The summed E-state index contributed by atoms with van der Waals surface area (Å²) in [5, 5.41) is 24.4. The van der Waals surface area contributed by atoms with Gasteiger partial charge < -0.3 is 10.1 Å². The van der Waals surface area contributed by atoms with Gasteiger partial charge >= 0.3 is 5.69 Å². The topological polar surface area (TPSA) is 125 Å². The highest BCUT2D eigenvalue weighted by Crippen LogP contribution is 2.29. The van der Waals surface area contributed by atoms with Crippen LogP contribution in [0.25, 0.3) is 0 Å². The Hall–Kier alpha value is -3.49. The lowest BCUT2D eigenvalue weighted by molar-refractivity contribution is -0.386.